The SMILES string of the molecule is FC(F)(c1ncn(Br)n1)C1CCOCC1. The van der Waals surface area contributed by atoms with E-state index in [4.69, 9.17) is 4.74 Å². The third-order valence-corrected chi connectivity index (χ3v) is 2.84. The maximum Gasteiger partial charge on any atom is 0.311 e. The second kappa shape index (κ2) is 4.13. The smallest absolute Gasteiger partial charge is 0.311 e. The molecule has 7 heteroatoms. The van der Waals surface area contributed by atoms with E-state index in [-0.39, 0.29) is 0 Å². The van der Waals surface area contributed by atoms with Gasteiger partial charge in [0.15, 0.2) is 0 Å². The maximum atomic E-state index is 13.8. The third-order valence-electron chi connectivity index (χ3n) is 2.50. The highest BCUT2D eigenvalue weighted by Crippen LogP contribution is 2.39. The summed E-state index contributed by atoms with van der Waals surface area (Å²) in [6, 6.07) is 0. The van der Waals surface area contributed by atoms with Gasteiger partial charge in [0.25, 0.3) is 0 Å². The molecule has 1 aliphatic rings. The molecule has 15 heavy (non-hydrogen) atoms. The summed E-state index contributed by atoms with van der Waals surface area (Å²) < 4.78 is 33.8. The van der Waals surface area contributed by atoms with Gasteiger partial charge in [-0.1, -0.05) is 0 Å². The number of halogens is 3. The van der Waals surface area contributed by atoms with Crippen molar-refractivity contribution in [1.82, 2.24) is 13.8 Å². The Morgan fingerprint density at radius 1 is 1.47 bits per heavy atom. The van der Waals surface area contributed by atoms with Gasteiger partial charge in [-0.3, -0.25) is 0 Å². The molecule has 0 saturated carbocycles. The zero-order chi connectivity index (χ0) is 10.9. The minimum atomic E-state index is -2.97. The largest absolute Gasteiger partial charge is 0.381 e. The summed E-state index contributed by atoms with van der Waals surface area (Å²) in [4.78, 5) is 3.58. The minimum absolute atomic E-state index is 0.351. The van der Waals surface area contributed by atoms with E-state index < -0.39 is 17.7 Å². The first kappa shape index (κ1) is 10.9. The van der Waals surface area contributed by atoms with E-state index in [2.05, 4.69) is 26.2 Å². The Kier molecular flexibility index (Phi) is 3.01. The summed E-state index contributed by atoms with van der Waals surface area (Å²) in [5, 5.41) is 3.59. The molecule has 0 aliphatic carbocycles. The van der Waals surface area contributed by atoms with Gasteiger partial charge < -0.3 is 4.74 Å². The van der Waals surface area contributed by atoms with Crippen LogP contribution in [-0.4, -0.2) is 27.0 Å². The lowest BCUT2D eigenvalue weighted by atomic mass is 9.92. The first-order valence-corrected chi connectivity index (χ1v) is 5.35. The van der Waals surface area contributed by atoms with E-state index in [9.17, 15) is 8.78 Å². The van der Waals surface area contributed by atoms with Crippen LogP contribution in [-0.2, 0) is 10.7 Å². The molecule has 84 valence electrons. The molecule has 2 rings (SSSR count). The van der Waals surface area contributed by atoms with E-state index in [1.165, 1.54) is 6.33 Å². The molecule has 1 saturated heterocycles. The van der Waals surface area contributed by atoms with Crippen LogP contribution < -0.4 is 0 Å². The predicted octanol–water partition coefficient (Wildman–Crippen LogP) is 1.95. The summed E-state index contributed by atoms with van der Waals surface area (Å²) >= 11 is 2.93. The Morgan fingerprint density at radius 3 is 2.67 bits per heavy atom. The summed E-state index contributed by atoms with van der Waals surface area (Å²) in [5.74, 6) is -4.12. The molecule has 0 radical (unpaired) electrons. The molecule has 0 spiro atoms. The Labute approximate surface area is 94.0 Å². The van der Waals surface area contributed by atoms with Gasteiger partial charge in [-0.15, -0.1) is 5.10 Å². The van der Waals surface area contributed by atoms with Crippen molar-refractivity contribution >= 4 is 16.1 Å². The molecule has 0 unspecified atom stereocenters. The highest BCUT2D eigenvalue weighted by atomic mass is 79.9. The number of rotatable bonds is 2. The number of hydrogen-bond acceptors (Lipinski definition) is 3. The van der Waals surface area contributed by atoms with Crippen molar-refractivity contribution in [2.24, 2.45) is 5.92 Å². The Hall–Kier alpha value is -0.560. The van der Waals surface area contributed by atoms with Crippen LogP contribution in [0.1, 0.15) is 18.7 Å². The summed E-state index contributed by atoms with van der Waals surface area (Å²) in [6.45, 7) is 0.768. The average molecular weight is 282 g/mol. The topological polar surface area (TPSA) is 39.9 Å². The lowest BCUT2D eigenvalue weighted by molar-refractivity contribution is -0.108. The highest BCUT2D eigenvalue weighted by Gasteiger charge is 2.45. The van der Waals surface area contributed by atoms with Crippen molar-refractivity contribution in [3.63, 3.8) is 0 Å². The van der Waals surface area contributed by atoms with Gasteiger partial charge in [0.2, 0.25) is 5.82 Å². The zero-order valence-corrected chi connectivity index (χ0v) is 9.45. The first-order chi connectivity index (χ1) is 7.10. The fourth-order valence-electron chi connectivity index (χ4n) is 1.64. The van der Waals surface area contributed by atoms with E-state index in [0.29, 0.717) is 26.1 Å². The molecule has 0 aromatic carbocycles. The van der Waals surface area contributed by atoms with E-state index in [1.807, 2.05) is 0 Å². The highest BCUT2D eigenvalue weighted by molar-refractivity contribution is 9.08. The van der Waals surface area contributed by atoms with Crippen molar-refractivity contribution < 1.29 is 13.5 Å². The second-order valence-electron chi connectivity index (χ2n) is 3.47. The fraction of sp³-hybridized carbons (Fsp3) is 0.750. The monoisotopic (exact) mass is 281 g/mol. The first-order valence-electron chi connectivity index (χ1n) is 4.64. The van der Waals surface area contributed by atoms with Crippen molar-refractivity contribution in [3.05, 3.63) is 12.2 Å². The van der Waals surface area contributed by atoms with Gasteiger partial charge in [0.05, 0.1) is 16.1 Å². The lowest BCUT2D eigenvalue weighted by Gasteiger charge is -2.27. The predicted molar refractivity (Wildman–Crippen MR) is 51.8 cm³/mol. The standard InChI is InChI=1S/C8H10BrF2N3O/c9-14-5-12-7(13-14)8(10,11)6-1-3-15-4-2-6/h5-6H,1-4H2. The molecule has 1 fully saturated rings. The zero-order valence-electron chi connectivity index (χ0n) is 7.87. The lowest BCUT2D eigenvalue weighted by Crippen LogP contribution is -2.32. The Bertz CT molecular complexity index is 338. The maximum absolute atomic E-state index is 13.8. The molecule has 4 nitrogen and oxygen atoms in total. The Morgan fingerprint density at radius 2 is 2.13 bits per heavy atom. The van der Waals surface area contributed by atoms with E-state index in [0.717, 1.165) is 3.71 Å². The number of ether oxygens (including phenoxy) is 1. The van der Waals surface area contributed by atoms with Gasteiger partial charge in [0.1, 0.15) is 6.33 Å². The van der Waals surface area contributed by atoms with Gasteiger partial charge in [0, 0.05) is 19.1 Å². The van der Waals surface area contributed by atoms with Gasteiger partial charge in [-0.05, 0) is 12.8 Å². The molecular formula is C8H10BrF2N3O. The number of nitrogens with zero attached hydrogens (tertiary/aromatic N) is 3. The molecule has 0 bridgehead atoms. The van der Waals surface area contributed by atoms with E-state index in [1.54, 1.807) is 0 Å². The van der Waals surface area contributed by atoms with Crippen LogP contribution in [0.5, 0.6) is 0 Å². The van der Waals surface area contributed by atoms with Crippen LogP contribution >= 0.6 is 16.1 Å². The quantitative estimate of drug-likeness (QED) is 0.832. The van der Waals surface area contributed by atoms with Crippen molar-refractivity contribution in [2.45, 2.75) is 18.8 Å². The summed E-state index contributed by atoms with van der Waals surface area (Å²) in [7, 11) is 0. The van der Waals surface area contributed by atoms with Crippen molar-refractivity contribution in [2.75, 3.05) is 13.2 Å². The molecule has 0 N–H and O–H groups in total. The third kappa shape index (κ3) is 2.17. The second-order valence-corrected chi connectivity index (χ2v) is 4.19. The summed E-state index contributed by atoms with van der Waals surface area (Å²) in [6.07, 6.45) is 1.91. The van der Waals surface area contributed by atoms with Gasteiger partial charge in [-0.2, -0.15) is 12.5 Å². The van der Waals surface area contributed by atoms with Crippen molar-refractivity contribution in [1.29, 1.82) is 0 Å². The molecule has 1 aromatic rings. The molecule has 1 aliphatic heterocycles. The minimum Gasteiger partial charge on any atom is -0.381 e. The fourth-order valence-corrected chi connectivity index (χ4v) is 1.88. The van der Waals surface area contributed by atoms with Crippen LogP contribution in [0.3, 0.4) is 0 Å². The van der Waals surface area contributed by atoms with Gasteiger partial charge in [-0.25, -0.2) is 4.98 Å². The molecular weight excluding hydrogens is 272 g/mol. The molecule has 2 heterocycles. The van der Waals surface area contributed by atoms with Crippen LogP contribution in [0.2, 0.25) is 0 Å². The number of hydrogen-bond donors (Lipinski definition) is 0. The normalized spacial score (nSPS) is 19.4. The number of aromatic nitrogens is 3. The van der Waals surface area contributed by atoms with E-state index >= 15 is 0 Å². The van der Waals surface area contributed by atoms with Crippen LogP contribution in [0.25, 0.3) is 0 Å². The van der Waals surface area contributed by atoms with Gasteiger partial charge >= 0.3 is 5.92 Å². The Balaban J connectivity index is 2.17. The molecule has 0 atom stereocenters. The van der Waals surface area contributed by atoms with Crippen LogP contribution in [0.15, 0.2) is 6.33 Å². The summed E-state index contributed by atoms with van der Waals surface area (Å²) in [5.41, 5.74) is 0. The van der Waals surface area contributed by atoms with Crippen molar-refractivity contribution in [3.8, 4) is 0 Å². The molecule has 1 aromatic heterocycles. The number of alkyl halides is 2. The van der Waals surface area contributed by atoms with Crippen LogP contribution in [0, 0.1) is 5.92 Å². The van der Waals surface area contributed by atoms with Crippen LogP contribution in [0.4, 0.5) is 8.78 Å². The average Bonchev–Trinajstić information content (AvgIpc) is 2.67. The molecule has 0 amide bonds.